The Kier molecular flexibility index (Phi) is 6.35. The van der Waals surface area contributed by atoms with Crippen LogP contribution in [0.2, 0.25) is 0 Å². The molecule has 0 radical (unpaired) electrons. The van der Waals surface area contributed by atoms with Gasteiger partial charge in [0.05, 0.1) is 5.92 Å². The lowest BCUT2D eigenvalue weighted by molar-refractivity contribution is -0.123. The third-order valence-electron chi connectivity index (χ3n) is 6.94. The molecule has 1 saturated heterocycles. The quantitative estimate of drug-likeness (QED) is 0.710. The first-order chi connectivity index (χ1) is 13.9. The van der Waals surface area contributed by atoms with Crippen molar-refractivity contribution in [3.05, 3.63) is 35.9 Å². The molecule has 1 aliphatic carbocycles. The molecule has 1 saturated carbocycles. The third-order valence-corrected chi connectivity index (χ3v) is 8.34. The van der Waals surface area contributed by atoms with Crippen LogP contribution in [0.1, 0.15) is 58.4 Å². The standard InChI is InChI=1S/C24H35N3OS/c1-4-27(19-11-14-26(15-12-19)17-18-8-6-5-7-9-18)23-25-22(28)20-16-24(2,3)13-10-21(20)29-23/h5-9,19-21H,4,10-17H2,1-3H3. The summed E-state index contributed by atoms with van der Waals surface area (Å²) in [5.41, 5.74) is 1.67. The van der Waals surface area contributed by atoms with E-state index in [1.165, 1.54) is 12.0 Å². The van der Waals surface area contributed by atoms with Crippen LogP contribution in [0.3, 0.4) is 0 Å². The van der Waals surface area contributed by atoms with Gasteiger partial charge in [0, 0.05) is 37.5 Å². The second-order valence-electron chi connectivity index (χ2n) is 9.68. The molecule has 3 aliphatic rings. The number of amides is 1. The van der Waals surface area contributed by atoms with Crippen molar-refractivity contribution >= 4 is 22.8 Å². The zero-order chi connectivity index (χ0) is 20.4. The monoisotopic (exact) mass is 413 g/mol. The first kappa shape index (κ1) is 20.9. The minimum absolute atomic E-state index is 0.124. The molecule has 158 valence electrons. The van der Waals surface area contributed by atoms with Crippen LogP contribution in [0.15, 0.2) is 35.3 Å². The van der Waals surface area contributed by atoms with Gasteiger partial charge in [-0.15, -0.1) is 0 Å². The summed E-state index contributed by atoms with van der Waals surface area (Å²) in [7, 11) is 0. The number of benzene rings is 1. The number of likely N-dealkylation sites (tertiary alicyclic amines) is 1. The molecule has 2 heterocycles. The molecular weight excluding hydrogens is 378 g/mol. The predicted molar refractivity (Wildman–Crippen MR) is 122 cm³/mol. The molecule has 1 amide bonds. The summed E-state index contributed by atoms with van der Waals surface area (Å²) in [6.07, 6.45) is 5.64. The topological polar surface area (TPSA) is 35.9 Å². The van der Waals surface area contributed by atoms with Crippen molar-refractivity contribution in [3.8, 4) is 0 Å². The first-order valence-corrected chi connectivity index (χ1v) is 12.2. The van der Waals surface area contributed by atoms with Crippen LogP contribution in [-0.4, -0.2) is 51.8 Å². The van der Waals surface area contributed by atoms with Crippen molar-refractivity contribution in [1.29, 1.82) is 0 Å². The van der Waals surface area contributed by atoms with Gasteiger partial charge in [-0.05, 0) is 50.0 Å². The Labute approximate surface area is 180 Å². The van der Waals surface area contributed by atoms with Gasteiger partial charge < -0.3 is 4.90 Å². The highest BCUT2D eigenvalue weighted by atomic mass is 32.2. The molecule has 2 atom stereocenters. The van der Waals surface area contributed by atoms with Gasteiger partial charge in [0.1, 0.15) is 0 Å². The minimum atomic E-state index is 0.124. The van der Waals surface area contributed by atoms with Crippen LogP contribution in [0.5, 0.6) is 0 Å². The summed E-state index contributed by atoms with van der Waals surface area (Å²) in [4.78, 5) is 22.5. The highest BCUT2D eigenvalue weighted by Crippen LogP contribution is 2.46. The number of aliphatic imine (C=N–C) groups is 1. The smallest absolute Gasteiger partial charge is 0.252 e. The maximum absolute atomic E-state index is 12.8. The molecule has 0 aromatic heterocycles. The van der Waals surface area contributed by atoms with E-state index in [-0.39, 0.29) is 17.2 Å². The molecule has 1 aromatic carbocycles. The van der Waals surface area contributed by atoms with Crippen molar-refractivity contribution in [3.63, 3.8) is 0 Å². The first-order valence-electron chi connectivity index (χ1n) is 11.3. The maximum Gasteiger partial charge on any atom is 0.252 e. The number of thioether (sulfide) groups is 1. The molecule has 2 fully saturated rings. The predicted octanol–water partition coefficient (Wildman–Crippen LogP) is 4.80. The summed E-state index contributed by atoms with van der Waals surface area (Å²) in [6, 6.07) is 11.3. The van der Waals surface area contributed by atoms with Gasteiger partial charge in [-0.3, -0.25) is 9.69 Å². The molecule has 5 heteroatoms. The SMILES string of the molecule is CCN(C1=NC(=O)C2CC(C)(C)CCC2S1)C1CCN(Cc2ccccc2)CC1. The Morgan fingerprint density at radius 1 is 1.17 bits per heavy atom. The summed E-state index contributed by atoms with van der Waals surface area (Å²) in [5, 5.41) is 1.43. The largest absolute Gasteiger partial charge is 0.348 e. The molecule has 0 bridgehead atoms. The highest BCUT2D eigenvalue weighted by Gasteiger charge is 2.43. The second kappa shape index (κ2) is 8.81. The lowest BCUT2D eigenvalue weighted by Gasteiger charge is -2.44. The van der Waals surface area contributed by atoms with Crippen molar-refractivity contribution in [2.24, 2.45) is 16.3 Å². The fourth-order valence-corrected chi connectivity index (χ4v) is 6.64. The molecule has 1 aromatic rings. The van der Waals surface area contributed by atoms with E-state index in [9.17, 15) is 4.79 Å². The van der Waals surface area contributed by atoms with Gasteiger partial charge >= 0.3 is 0 Å². The van der Waals surface area contributed by atoms with E-state index in [1.807, 2.05) is 11.8 Å². The number of hydrogen-bond donors (Lipinski definition) is 0. The van der Waals surface area contributed by atoms with Gasteiger partial charge in [-0.2, -0.15) is 4.99 Å². The second-order valence-corrected chi connectivity index (χ2v) is 10.9. The number of fused-ring (bicyclic) bond motifs is 1. The Morgan fingerprint density at radius 2 is 1.90 bits per heavy atom. The molecular formula is C24H35N3OS. The van der Waals surface area contributed by atoms with E-state index in [4.69, 9.17) is 0 Å². The summed E-state index contributed by atoms with van der Waals surface area (Å²) >= 11 is 1.89. The Hall–Kier alpha value is -1.33. The van der Waals surface area contributed by atoms with E-state index in [0.717, 1.165) is 57.0 Å². The highest BCUT2D eigenvalue weighted by molar-refractivity contribution is 8.14. The average molecular weight is 414 g/mol. The van der Waals surface area contributed by atoms with Crippen LogP contribution < -0.4 is 0 Å². The number of rotatable bonds is 4. The Bertz CT molecular complexity index is 740. The molecule has 4 rings (SSSR count). The molecule has 0 N–H and O–H groups in total. The van der Waals surface area contributed by atoms with Gasteiger partial charge in [-0.1, -0.05) is 55.9 Å². The van der Waals surface area contributed by atoms with Crippen molar-refractivity contribution in [2.75, 3.05) is 19.6 Å². The fourth-order valence-electron chi connectivity index (χ4n) is 5.20. The molecule has 2 unspecified atom stereocenters. The van der Waals surface area contributed by atoms with E-state index in [2.05, 4.69) is 65.9 Å². The maximum atomic E-state index is 12.8. The van der Waals surface area contributed by atoms with Crippen LogP contribution in [-0.2, 0) is 11.3 Å². The average Bonchev–Trinajstić information content (AvgIpc) is 2.71. The van der Waals surface area contributed by atoms with Crippen molar-refractivity contribution < 1.29 is 4.79 Å². The van der Waals surface area contributed by atoms with Crippen molar-refractivity contribution in [2.45, 2.75) is 70.7 Å². The van der Waals surface area contributed by atoms with Gasteiger partial charge in [0.25, 0.3) is 5.91 Å². The number of amidine groups is 1. The number of piperidine rings is 1. The molecule has 4 nitrogen and oxygen atoms in total. The summed E-state index contributed by atoms with van der Waals surface area (Å²) in [5.74, 6) is 0.260. The van der Waals surface area contributed by atoms with Gasteiger partial charge in [0.15, 0.2) is 5.17 Å². The number of carbonyl (C=O) groups excluding carboxylic acids is 1. The van der Waals surface area contributed by atoms with Crippen molar-refractivity contribution in [1.82, 2.24) is 9.80 Å². The lowest BCUT2D eigenvalue weighted by atomic mass is 9.71. The Morgan fingerprint density at radius 3 is 2.59 bits per heavy atom. The third kappa shape index (κ3) is 4.88. The van der Waals surface area contributed by atoms with Crippen LogP contribution in [0.25, 0.3) is 0 Å². The molecule has 29 heavy (non-hydrogen) atoms. The van der Waals surface area contributed by atoms with Gasteiger partial charge in [-0.25, -0.2) is 0 Å². The lowest BCUT2D eigenvalue weighted by Crippen LogP contribution is -2.49. The van der Waals surface area contributed by atoms with Crippen LogP contribution in [0, 0.1) is 11.3 Å². The normalized spacial score (nSPS) is 28.0. The van der Waals surface area contributed by atoms with Crippen LogP contribution >= 0.6 is 11.8 Å². The zero-order valence-corrected chi connectivity index (χ0v) is 19.0. The number of hydrogen-bond acceptors (Lipinski definition) is 4. The number of carbonyl (C=O) groups is 1. The minimum Gasteiger partial charge on any atom is -0.348 e. The van der Waals surface area contributed by atoms with E-state index in [0.29, 0.717) is 11.3 Å². The van der Waals surface area contributed by atoms with Gasteiger partial charge in [0.2, 0.25) is 0 Å². The number of nitrogens with zero attached hydrogens (tertiary/aromatic N) is 3. The molecule has 2 aliphatic heterocycles. The summed E-state index contributed by atoms with van der Waals surface area (Å²) < 4.78 is 0. The summed E-state index contributed by atoms with van der Waals surface area (Å²) in [6.45, 7) is 11.0. The van der Waals surface area contributed by atoms with E-state index < -0.39 is 0 Å². The molecule has 0 spiro atoms. The Balaban J connectivity index is 1.38. The van der Waals surface area contributed by atoms with E-state index in [1.54, 1.807) is 0 Å². The fraction of sp³-hybridized carbons (Fsp3) is 0.667. The van der Waals surface area contributed by atoms with Crippen LogP contribution in [0.4, 0.5) is 0 Å². The zero-order valence-electron chi connectivity index (χ0n) is 18.1. The van der Waals surface area contributed by atoms with E-state index >= 15 is 0 Å².